The first-order valence-corrected chi connectivity index (χ1v) is 11.4. The maximum atomic E-state index is 13.1. The molecule has 2 saturated heterocycles. The Labute approximate surface area is 170 Å². The highest BCUT2D eigenvalue weighted by Crippen LogP contribution is 2.31. The molecule has 2 aliphatic rings. The molecule has 1 aromatic carbocycles. The normalized spacial score (nSPS) is 21.3. The van der Waals surface area contributed by atoms with Crippen LogP contribution >= 0.6 is 0 Å². The number of aryl methyl sites for hydroxylation is 1. The van der Waals surface area contributed by atoms with Crippen LogP contribution in [0.5, 0.6) is 0 Å². The quantitative estimate of drug-likeness (QED) is 0.816. The van der Waals surface area contributed by atoms with Crippen molar-refractivity contribution in [3.8, 4) is 0 Å². The summed E-state index contributed by atoms with van der Waals surface area (Å²) in [6, 6.07) is 6.92. The smallest absolute Gasteiger partial charge is 0.257 e. The molecule has 3 heterocycles. The van der Waals surface area contributed by atoms with Crippen molar-refractivity contribution in [2.75, 3.05) is 39.4 Å². The molecule has 0 radical (unpaired) electrons. The van der Waals surface area contributed by atoms with Crippen molar-refractivity contribution in [3.05, 3.63) is 47.3 Å². The van der Waals surface area contributed by atoms with Crippen LogP contribution in [-0.2, 0) is 14.8 Å². The van der Waals surface area contributed by atoms with E-state index in [1.54, 1.807) is 23.2 Å². The van der Waals surface area contributed by atoms with Crippen LogP contribution in [0.1, 0.15) is 40.4 Å². The van der Waals surface area contributed by atoms with Gasteiger partial charge in [0, 0.05) is 32.1 Å². The zero-order valence-corrected chi connectivity index (χ0v) is 17.3. The highest BCUT2D eigenvalue weighted by molar-refractivity contribution is 7.89. The number of sulfonamides is 1. The predicted octanol–water partition coefficient (Wildman–Crippen LogP) is 1.76. The van der Waals surface area contributed by atoms with E-state index < -0.39 is 10.0 Å². The van der Waals surface area contributed by atoms with Gasteiger partial charge in [0.2, 0.25) is 10.0 Å². The molecule has 1 N–H and O–H groups in total. The molecule has 0 saturated carbocycles. The number of carbonyl (C=O) groups is 1. The highest BCUT2D eigenvalue weighted by atomic mass is 32.2. The second-order valence-electron chi connectivity index (χ2n) is 7.62. The molecule has 29 heavy (non-hydrogen) atoms. The first kappa shape index (κ1) is 20.1. The third-order valence-electron chi connectivity index (χ3n) is 5.65. The van der Waals surface area contributed by atoms with Crippen LogP contribution in [0.3, 0.4) is 0 Å². The lowest BCUT2D eigenvalue weighted by atomic mass is 9.93. The average Bonchev–Trinajstić information content (AvgIpc) is 3.24. The Hall–Kier alpha value is -2.23. The third kappa shape index (κ3) is 4.08. The number of hydrogen-bond acceptors (Lipinski definition) is 5. The fourth-order valence-corrected chi connectivity index (χ4v) is 5.49. The van der Waals surface area contributed by atoms with E-state index in [1.165, 1.54) is 4.31 Å². The average molecular weight is 419 g/mol. The number of ether oxygens (including phenoxy) is 1. The summed E-state index contributed by atoms with van der Waals surface area (Å²) in [5, 5.41) is 7.06. The van der Waals surface area contributed by atoms with Gasteiger partial charge in [0.15, 0.2) is 0 Å². The number of H-pyrrole nitrogens is 1. The van der Waals surface area contributed by atoms with E-state index in [2.05, 4.69) is 10.2 Å². The number of hydrogen-bond donors (Lipinski definition) is 1. The Morgan fingerprint density at radius 3 is 2.62 bits per heavy atom. The summed E-state index contributed by atoms with van der Waals surface area (Å²) in [6.45, 7) is 4.92. The molecule has 156 valence electrons. The van der Waals surface area contributed by atoms with Gasteiger partial charge >= 0.3 is 0 Å². The van der Waals surface area contributed by atoms with Crippen molar-refractivity contribution < 1.29 is 17.9 Å². The molecular weight excluding hydrogens is 392 g/mol. The first-order chi connectivity index (χ1) is 14.0. The number of nitrogens with one attached hydrogen (secondary N) is 1. The summed E-state index contributed by atoms with van der Waals surface area (Å²) >= 11 is 0. The largest absolute Gasteiger partial charge is 0.378 e. The zero-order valence-electron chi connectivity index (χ0n) is 16.5. The SMILES string of the molecule is Cc1ccc(S(=O)(=O)N2CCC[C@H](c3[nH]ncc3C(=O)N3CCOCC3)C2)cc1. The van der Waals surface area contributed by atoms with Crippen LogP contribution in [0.25, 0.3) is 0 Å². The number of carbonyl (C=O) groups excluding carboxylic acids is 1. The molecule has 9 heteroatoms. The maximum Gasteiger partial charge on any atom is 0.257 e. The maximum absolute atomic E-state index is 13.1. The first-order valence-electron chi connectivity index (χ1n) is 9.94. The van der Waals surface area contributed by atoms with Gasteiger partial charge in [-0.3, -0.25) is 9.89 Å². The van der Waals surface area contributed by atoms with Crippen molar-refractivity contribution >= 4 is 15.9 Å². The van der Waals surface area contributed by atoms with E-state index in [9.17, 15) is 13.2 Å². The van der Waals surface area contributed by atoms with Crippen LogP contribution in [0.15, 0.2) is 35.4 Å². The highest BCUT2D eigenvalue weighted by Gasteiger charge is 2.34. The Morgan fingerprint density at radius 1 is 1.17 bits per heavy atom. The van der Waals surface area contributed by atoms with Crippen molar-refractivity contribution in [3.63, 3.8) is 0 Å². The second kappa shape index (κ2) is 8.25. The number of aromatic amines is 1. The van der Waals surface area contributed by atoms with E-state index in [-0.39, 0.29) is 11.8 Å². The zero-order chi connectivity index (χ0) is 20.4. The Morgan fingerprint density at radius 2 is 1.90 bits per heavy atom. The molecule has 4 rings (SSSR count). The van der Waals surface area contributed by atoms with Crippen LogP contribution < -0.4 is 0 Å². The lowest BCUT2D eigenvalue weighted by Gasteiger charge is -2.32. The minimum absolute atomic E-state index is 0.0736. The standard InChI is InChI=1S/C20H26N4O4S/c1-15-4-6-17(7-5-15)29(26,27)24-8-2-3-16(14-24)19-18(13-21-22-19)20(25)23-9-11-28-12-10-23/h4-7,13,16H,2-3,8-12,14H2,1H3,(H,21,22)/t16-/m0/s1. The summed E-state index contributed by atoms with van der Waals surface area (Å²) in [5.74, 6) is -0.165. The lowest BCUT2D eigenvalue weighted by molar-refractivity contribution is 0.0301. The second-order valence-corrected chi connectivity index (χ2v) is 9.56. The van der Waals surface area contributed by atoms with Crippen LogP contribution in [0.4, 0.5) is 0 Å². The summed E-state index contributed by atoms with van der Waals surface area (Å²) in [4.78, 5) is 15.0. The predicted molar refractivity (Wildman–Crippen MR) is 107 cm³/mol. The molecule has 1 atom stereocenters. The molecule has 0 spiro atoms. The number of nitrogens with zero attached hydrogens (tertiary/aromatic N) is 3. The van der Waals surface area contributed by atoms with E-state index in [0.717, 1.165) is 24.1 Å². The Balaban J connectivity index is 1.54. The number of benzene rings is 1. The molecule has 1 aromatic heterocycles. The van der Waals surface area contributed by atoms with Gasteiger partial charge in [-0.05, 0) is 31.9 Å². The number of amides is 1. The van der Waals surface area contributed by atoms with Crippen LogP contribution in [-0.4, -0.2) is 73.1 Å². The molecule has 2 fully saturated rings. The van der Waals surface area contributed by atoms with Gasteiger partial charge in [-0.1, -0.05) is 17.7 Å². The van der Waals surface area contributed by atoms with Crippen molar-refractivity contribution in [1.29, 1.82) is 0 Å². The molecule has 1 amide bonds. The topological polar surface area (TPSA) is 95.6 Å². The van der Waals surface area contributed by atoms with Gasteiger partial charge in [-0.2, -0.15) is 9.40 Å². The fraction of sp³-hybridized carbons (Fsp3) is 0.500. The van der Waals surface area contributed by atoms with Gasteiger partial charge in [0.1, 0.15) is 0 Å². The lowest BCUT2D eigenvalue weighted by Crippen LogP contribution is -2.42. The van der Waals surface area contributed by atoms with Crippen LogP contribution in [0.2, 0.25) is 0 Å². The molecule has 8 nitrogen and oxygen atoms in total. The summed E-state index contributed by atoms with van der Waals surface area (Å²) < 4.78 is 33.0. The number of morpholine rings is 1. The van der Waals surface area contributed by atoms with Crippen molar-refractivity contribution in [1.82, 2.24) is 19.4 Å². The van der Waals surface area contributed by atoms with Gasteiger partial charge in [0.05, 0.1) is 35.6 Å². The Kier molecular flexibility index (Phi) is 5.71. The van der Waals surface area contributed by atoms with E-state index in [0.29, 0.717) is 49.9 Å². The van der Waals surface area contributed by atoms with Gasteiger partial charge in [0.25, 0.3) is 5.91 Å². The summed E-state index contributed by atoms with van der Waals surface area (Å²) in [7, 11) is -3.57. The Bertz CT molecular complexity index is 965. The van der Waals surface area contributed by atoms with E-state index >= 15 is 0 Å². The molecule has 0 bridgehead atoms. The number of piperidine rings is 1. The molecule has 2 aromatic rings. The van der Waals surface area contributed by atoms with E-state index in [1.807, 2.05) is 19.1 Å². The minimum Gasteiger partial charge on any atom is -0.378 e. The molecule has 0 aliphatic carbocycles. The van der Waals surface area contributed by atoms with Crippen molar-refractivity contribution in [2.45, 2.75) is 30.6 Å². The molecular formula is C20H26N4O4S. The fourth-order valence-electron chi connectivity index (χ4n) is 3.97. The van der Waals surface area contributed by atoms with Gasteiger partial charge in [-0.15, -0.1) is 0 Å². The molecule has 2 aliphatic heterocycles. The number of aromatic nitrogens is 2. The van der Waals surface area contributed by atoms with E-state index in [4.69, 9.17) is 4.74 Å². The number of rotatable bonds is 4. The monoisotopic (exact) mass is 418 g/mol. The van der Waals surface area contributed by atoms with Gasteiger partial charge in [-0.25, -0.2) is 8.42 Å². The minimum atomic E-state index is -3.57. The van der Waals surface area contributed by atoms with Gasteiger partial charge < -0.3 is 9.64 Å². The third-order valence-corrected chi connectivity index (χ3v) is 7.53. The summed E-state index contributed by atoms with van der Waals surface area (Å²) in [6.07, 6.45) is 3.10. The van der Waals surface area contributed by atoms with Crippen LogP contribution in [0, 0.1) is 6.92 Å². The molecule has 0 unspecified atom stereocenters. The summed E-state index contributed by atoms with van der Waals surface area (Å²) in [5.41, 5.74) is 2.28. The van der Waals surface area contributed by atoms with Crippen molar-refractivity contribution in [2.24, 2.45) is 0 Å².